The normalized spacial score (nSPS) is 32.8. The van der Waals surface area contributed by atoms with Crippen molar-refractivity contribution in [1.82, 2.24) is 0 Å². The third kappa shape index (κ3) is 8.12. The summed E-state index contributed by atoms with van der Waals surface area (Å²) in [6.45, 7) is 33.1. The molecule has 0 bridgehead atoms. The molecule has 1 spiro atoms. The highest BCUT2D eigenvalue weighted by Gasteiger charge is 2.55. The van der Waals surface area contributed by atoms with Crippen LogP contribution in [0.1, 0.15) is 74.1 Å². The van der Waals surface area contributed by atoms with Crippen molar-refractivity contribution in [2.45, 2.75) is 147 Å². The number of rotatable bonds is 10. The van der Waals surface area contributed by atoms with Gasteiger partial charge >= 0.3 is 0 Å². The highest BCUT2D eigenvalue weighted by Crippen LogP contribution is 2.48. The molecular formula is C29H55BrO5Si2. The quantitative estimate of drug-likeness (QED) is 0.139. The third-order valence-corrected chi connectivity index (χ3v) is 18.4. The molecule has 2 fully saturated rings. The minimum Gasteiger partial charge on any atom is -0.413 e. The van der Waals surface area contributed by atoms with Gasteiger partial charge in [-0.05, 0) is 56.0 Å². The molecule has 0 amide bonds. The molecule has 0 N–H and O–H groups in total. The standard InChI is InChI=1S/C29H55BrO5Si2/c1-14-16-23-22(15-2)25(35-37(12,13)28(7,8)9)19-29(33-23)20-26(31-21(3)32-29)24(17-18-30)34-36(10,11)27(4,5)6/h14-15,21-26H,1-2,16-20H2,3-13H3/t21-,22-,23-,24+,25-,26+,29-/m0/s1. The smallest absolute Gasteiger partial charge is 0.192 e. The van der Waals surface area contributed by atoms with Crippen LogP contribution in [0.25, 0.3) is 0 Å². The van der Waals surface area contributed by atoms with Crippen LogP contribution in [0.4, 0.5) is 0 Å². The molecule has 7 atom stereocenters. The van der Waals surface area contributed by atoms with Crippen LogP contribution in [0.2, 0.25) is 36.3 Å². The maximum absolute atomic E-state index is 7.06. The van der Waals surface area contributed by atoms with E-state index in [-0.39, 0.29) is 40.4 Å². The van der Waals surface area contributed by atoms with Gasteiger partial charge in [-0.25, -0.2) is 0 Å². The van der Waals surface area contributed by atoms with Crippen LogP contribution in [0.5, 0.6) is 0 Å². The maximum atomic E-state index is 7.06. The lowest BCUT2D eigenvalue weighted by atomic mass is 9.83. The predicted molar refractivity (Wildman–Crippen MR) is 163 cm³/mol. The molecule has 0 aromatic carbocycles. The van der Waals surface area contributed by atoms with Gasteiger partial charge in [-0.1, -0.05) is 69.6 Å². The Hall–Kier alpha value is 0.194. The van der Waals surface area contributed by atoms with Crippen molar-refractivity contribution in [3.8, 4) is 0 Å². The second-order valence-electron chi connectivity index (χ2n) is 14.0. The number of halogens is 1. The summed E-state index contributed by atoms with van der Waals surface area (Å²) in [6.07, 6.45) is 6.05. The Balaban J connectivity index is 2.43. The lowest BCUT2D eigenvalue weighted by Gasteiger charge is -2.54. The van der Waals surface area contributed by atoms with Crippen LogP contribution < -0.4 is 0 Å². The summed E-state index contributed by atoms with van der Waals surface area (Å²) in [7, 11) is -4.06. The number of hydrogen-bond donors (Lipinski definition) is 0. The fourth-order valence-electron chi connectivity index (χ4n) is 4.82. The molecule has 0 unspecified atom stereocenters. The van der Waals surface area contributed by atoms with Crippen molar-refractivity contribution in [3.63, 3.8) is 0 Å². The predicted octanol–water partition coefficient (Wildman–Crippen LogP) is 8.57. The molecule has 0 radical (unpaired) electrons. The van der Waals surface area contributed by atoms with E-state index in [1.807, 2.05) is 19.1 Å². The van der Waals surface area contributed by atoms with Crippen LogP contribution >= 0.6 is 15.9 Å². The number of ether oxygens (including phenoxy) is 3. The molecule has 2 aliphatic rings. The van der Waals surface area contributed by atoms with E-state index in [0.717, 1.165) is 11.8 Å². The molecule has 2 saturated heterocycles. The van der Waals surface area contributed by atoms with E-state index in [2.05, 4.69) is 96.8 Å². The largest absolute Gasteiger partial charge is 0.413 e. The summed E-state index contributed by atoms with van der Waals surface area (Å²) < 4.78 is 33.8. The number of alkyl halides is 1. The lowest BCUT2D eigenvalue weighted by Crippen LogP contribution is -2.62. The van der Waals surface area contributed by atoms with Gasteiger partial charge in [-0.2, -0.15) is 0 Å². The van der Waals surface area contributed by atoms with Crippen LogP contribution in [-0.2, 0) is 23.1 Å². The topological polar surface area (TPSA) is 46.2 Å². The first-order valence-electron chi connectivity index (χ1n) is 14.0. The van der Waals surface area contributed by atoms with E-state index in [9.17, 15) is 0 Å². The summed E-state index contributed by atoms with van der Waals surface area (Å²) in [5.74, 6) is -0.732. The summed E-state index contributed by atoms with van der Waals surface area (Å²) in [6, 6.07) is 0. The average Bonchev–Trinajstić information content (AvgIpc) is 2.71. The molecule has 37 heavy (non-hydrogen) atoms. The van der Waals surface area contributed by atoms with Crippen LogP contribution in [-0.4, -0.2) is 58.5 Å². The zero-order chi connectivity index (χ0) is 28.4. The first kappa shape index (κ1) is 33.4. The van der Waals surface area contributed by atoms with Crippen molar-refractivity contribution < 1.29 is 23.1 Å². The molecule has 2 heterocycles. The highest BCUT2D eigenvalue weighted by atomic mass is 79.9. The van der Waals surface area contributed by atoms with Crippen molar-refractivity contribution in [2.75, 3.05) is 5.33 Å². The van der Waals surface area contributed by atoms with Crippen molar-refractivity contribution in [3.05, 3.63) is 25.3 Å². The average molecular weight is 620 g/mol. The van der Waals surface area contributed by atoms with Gasteiger partial charge in [-0.15, -0.1) is 13.2 Å². The summed E-state index contributed by atoms with van der Waals surface area (Å²) in [5.41, 5.74) is 0. The van der Waals surface area contributed by atoms with Crippen LogP contribution in [0.15, 0.2) is 25.3 Å². The molecule has 5 nitrogen and oxygen atoms in total. The highest BCUT2D eigenvalue weighted by molar-refractivity contribution is 9.09. The fourth-order valence-corrected chi connectivity index (χ4v) is 8.00. The second kappa shape index (κ2) is 12.4. The van der Waals surface area contributed by atoms with Gasteiger partial charge in [0, 0.05) is 24.1 Å². The molecule has 2 rings (SSSR count). The Morgan fingerprint density at radius 1 is 1.00 bits per heavy atom. The second-order valence-corrected chi connectivity index (χ2v) is 24.3. The molecule has 0 aliphatic carbocycles. The van der Waals surface area contributed by atoms with Gasteiger partial charge in [0.1, 0.15) is 0 Å². The molecule has 216 valence electrons. The van der Waals surface area contributed by atoms with E-state index < -0.39 is 28.7 Å². The Bertz CT molecular complexity index is 775. The SMILES string of the molecule is C=CC[C@@H]1O[C@@]2(C[C@H](O[Si](C)(C)C(C)(C)C)[C@H]1C=C)C[C@H]([C@@H](CCBr)O[Si](C)(C)C(C)(C)C)O[C@H](C)O2. The van der Waals surface area contributed by atoms with Gasteiger partial charge in [0.25, 0.3) is 0 Å². The van der Waals surface area contributed by atoms with Gasteiger partial charge < -0.3 is 23.1 Å². The van der Waals surface area contributed by atoms with E-state index >= 15 is 0 Å². The maximum Gasteiger partial charge on any atom is 0.192 e. The molecule has 0 aromatic heterocycles. The molecule has 8 heteroatoms. The first-order chi connectivity index (χ1) is 16.8. The van der Waals surface area contributed by atoms with E-state index in [1.165, 1.54) is 0 Å². The van der Waals surface area contributed by atoms with Gasteiger partial charge in [0.05, 0.1) is 24.4 Å². The summed E-state index contributed by atoms with van der Waals surface area (Å²) in [5, 5.41) is 1.06. The first-order valence-corrected chi connectivity index (χ1v) is 20.9. The fraction of sp³-hybridized carbons (Fsp3) is 0.862. The third-order valence-electron chi connectivity index (χ3n) is 8.98. The van der Waals surface area contributed by atoms with Crippen LogP contribution in [0.3, 0.4) is 0 Å². The van der Waals surface area contributed by atoms with Gasteiger partial charge in [-0.3, -0.25) is 0 Å². The van der Waals surface area contributed by atoms with Crippen molar-refractivity contribution >= 4 is 32.6 Å². The van der Waals surface area contributed by atoms with E-state index in [4.69, 9.17) is 23.1 Å². The van der Waals surface area contributed by atoms with Crippen molar-refractivity contribution in [1.29, 1.82) is 0 Å². The van der Waals surface area contributed by atoms with E-state index in [0.29, 0.717) is 19.3 Å². The Kier molecular flexibility index (Phi) is 11.2. The number of hydrogen-bond acceptors (Lipinski definition) is 5. The Morgan fingerprint density at radius 2 is 1.59 bits per heavy atom. The molecule has 2 aliphatic heterocycles. The molecular weight excluding hydrogens is 564 g/mol. The molecule has 0 saturated carbocycles. The summed E-state index contributed by atoms with van der Waals surface area (Å²) >= 11 is 3.67. The molecule has 0 aromatic rings. The van der Waals surface area contributed by atoms with Gasteiger partial charge in [0.15, 0.2) is 28.7 Å². The Morgan fingerprint density at radius 3 is 2.08 bits per heavy atom. The minimum atomic E-state index is -2.05. The monoisotopic (exact) mass is 618 g/mol. The summed E-state index contributed by atoms with van der Waals surface area (Å²) in [4.78, 5) is 0. The Labute approximate surface area is 238 Å². The zero-order valence-corrected chi connectivity index (χ0v) is 29.1. The van der Waals surface area contributed by atoms with Gasteiger partial charge in [0.2, 0.25) is 0 Å². The lowest BCUT2D eigenvalue weighted by molar-refractivity contribution is -0.396. The minimum absolute atomic E-state index is 0.0400. The van der Waals surface area contributed by atoms with Crippen molar-refractivity contribution in [2.24, 2.45) is 5.92 Å². The zero-order valence-electron chi connectivity index (χ0n) is 25.5. The van der Waals surface area contributed by atoms with Crippen LogP contribution in [0, 0.1) is 5.92 Å². The van der Waals surface area contributed by atoms with E-state index in [1.54, 1.807) is 0 Å².